The van der Waals surface area contributed by atoms with Crippen molar-refractivity contribution in [2.75, 3.05) is 26.4 Å². The van der Waals surface area contributed by atoms with Gasteiger partial charge in [-0.25, -0.2) is 0 Å². The lowest BCUT2D eigenvalue weighted by Gasteiger charge is -2.42. The molecule has 0 bridgehead atoms. The zero-order chi connectivity index (χ0) is 41.1. The Balaban J connectivity index is 1.69. The molecule has 2 aliphatic heterocycles. The maximum absolute atomic E-state index is 12.7. The van der Waals surface area contributed by atoms with Crippen LogP contribution in [0.5, 0.6) is 0 Å². The number of rotatable bonds is 32. The molecular weight excluding hydrogens is 732 g/mol. The number of hydrogen-bond donors (Lipinski definition) is 7. The summed E-state index contributed by atoms with van der Waals surface area (Å²) in [5.74, 6) is -0.978. The highest BCUT2D eigenvalue weighted by Gasteiger charge is 2.47. The van der Waals surface area contributed by atoms with Crippen molar-refractivity contribution in [3.63, 3.8) is 0 Å². The average molecular weight is 809 g/mol. The van der Waals surface area contributed by atoms with Gasteiger partial charge in [0.05, 0.1) is 19.8 Å². The van der Waals surface area contributed by atoms with E-state index in [0.717, 1.165) is 19.3 Å². The van der Waals surface area contributed by atoms with Gasteiger partial charge in [-0.2, -0.15) is 0 Å². The number of carbonyl (C=O) groups excluding carboxylic acids is 2. The minimum Gasteiger partial charge on any atom is -0.462 e. The van der Waals surface area contributed by atoms with Crippen LogP contribution in [-0.4, -0.2) is 142 Å². The number of esters is 2. The van der Waals surface area contributed by atoms with Gasteiger partial charge in [0, 0.05) is 12.8 Å². The number of aliphatic hydroxyl groups is 7. The van der Waals surface area contributed by atoms with E-state index in [-0.39, 0.29) is 26.1 Å². The van der Waals surface area contributed by atoms with Crippen LogP contribution in [0.4, 0.5) is 0 Å². The van der Waals surface area contributed by atoms with E-state index in [1.165, 1.54) is 96.3 Å². The summed E-state index contributed by atoms with van der Waals surface area (Å²) >= 11 is 0. The minimum absolute atomic E-state index is 0.170. The summed E-state index contributed by atoms with van der Waals surface area (Å²) in [5, 5.41) is 71.3. The van der Waals surface area contributed by atoms with E-state index < -0.39 is 92.7 Å². The highest BCUT2D eigenvalue weighted by Crippen LogP contribution is 2.26. The Hall–Kier alpha value is -1.50. The van der Waals surface area contributed by atoms with Gasteiger partial charge in [0.1, 0.15) is 55.4 Å². The van der Waals surface area contributed by atoms with Gasteiger partial charge in [-0.05, 0) is 12.8 Å². The van der Waals surface area contributed by atoms with Crippen molar-refractivity contribution in [3.05, 3.63) is 0 Å². The summed E-state index contributed by atoms with van der Waals surface area (Å²) in [6, 6.07) is 0. The van der Waals surface area contributed by atoms with E-state index in [1.807, 2.05) is 6.92 Å². The van der Waals surface area contributed by atoms with Crippen LogP contribution in [0, 0.1) is 0 Å². The zero-order valence-corrected chi connectivity index (χ0v) is 34.1. The Morgan fingerprint density at radius 3 is 1.43 bits per heavy atom. The standard InChI is InChI=1S/C41H76O15/c1-3-5-6-7-8-9-10-11-12-13-14-15-16-17-18-19-20-21-22-24-33(44)54-29(26-51-32(43)23-4-2)27-52-40-39(50)37(48)35(46)31(56-40)28-53-41-38(49)36(47)34(45)30(25-42)55-41/h29-31,34-42,45-50H,3-28H2,1-2H3. The molecule has 0 aromatic heterocycles. The molecule has 330 valence electrons. The van der Waals surface area contributed by atoms with Crippen molar-refractivity contribution >= 4 is 11.9 Å². The molecule has 11 unspecified atom stereocenters. The molecule has 56 heavy (non-hydrogen) atoms. The lowest BCUT2D eigenvalue weighted by atomic mass is 9.98. The number of hydrogen-bond acceptors (Lipinski definition) is 15. The molecule has 11 atom stereocenters. The van der Waals surface area contributed by atoms with Crippen LogP contribution in [0.1, 0.15) is 155 Å². The van der Waals surface area contributed by atoms with Gasteiger partial charge < -0.3 is 64.2 Å². The third kappa shape index (κ3) is 20.0. The molecule has 2 saturated heterocycles. The predicted octanol–water partition coefficient (Wildman–Crippen LogP) is 3.70. The number of aliphatic hydroxyl groups excluding tert-OH is 7. The van der Waals surface area contributed by atoms with Crippen molar-refractivity contribution < 1.29 is 73.8 Å². The summed E-state index contributed by atoms with van der Waals surface area (Å²) in [6.07, 6.45) is 7.79. The Morgan fingerprint density at radius 1 is 0.500 bits per heavy atom. The highest BCUT2D eigenvalue weighted by molar-refractivity contribution is 5.70. The van der Waals surface area contributed by atoms with Gasteiger partial charge in [-0.15, -0.1) is 0 Å². The molecule has 0 aromatic carbocycles. The number of ether oxygens (including phenoxy) is 6. The summed E-state index contributed by atoms with van der Waals surface area (Å²) in [5.41, 5.74) is 0. The second kappa shape index (κ2) is 30.5. The molecule has 2 aliphatic rings. The van der Waals surface area contributed by atoms with E-state index in [9.17, 15) is 45.3 Å². The molecule has 0 aromatic rings. The van der Waals surface area contributed by atoms with Crippen LogP contribution < -0.4 is 0 Å². The second-order valence-corrected chi connectivity index (χ2v) is 15.5. The Labute approximate surface area is 334 Å². The van der Waals surface area contributed by atoms with Gasteiger partial charge in [0.15, 0.2) is 18.7 Å². The van der Waals surface area contributed by atoms with Crippen molar-refractivity contribution in [3.8, 4) is 0 Å². The molecule has 0 amide bonds. The average Bonchev–Trinajstić information content (AvgIpc) is 3.18. The van der Waals surface area contributed by atoms with E-state index in [4.69, 9.17) is 28.4 Å². The lowest BCUT2D eigenvalue weighted by molar-refractivity contribution is -0.332. The number of carbonyl (C=O) groups is 2. The predicted molar refractivity (Wildman–Crippen MR) is 206 cm³/mol. The van der Waals surface area contributed by atoms with Crippen LogP contribution in [0.2, 0.25) is 0 Å². The monoisotopic (exact) mass is 809 g/mol. The van der Waals surface area contributed by atoms with Gasteiger partial charge in [-0.1, -0.05) is 129 Å². The number of unbranched alkanes of at least 4 members (excludes halogenated alkanes) is 18. The van der Waals surface area contributed by atoms with Crippen molar-refractivity contribution in [2.24, 2.45) is 0 Å². The molecule has 0 radical (unpaired) electrons. The van der Waals surface area contributed by atoms with Crippen LogP contribution >= 0.6 is 0 Å². The van der Waals surface area contributed by atoms with Gasteiger partial charge in [0.2, 0.25) is 0 Å². The molecule has 15 heteroatoms. The third-order valence-electron chi connectivity index (χ3n) is 10.6. The molecule has 15 nitrogen and oxygen atoms in total. The summed E-state index contributed by atoms with van der Waals surface area (Å²) in [6.45, 7) is 2.19. The largest absolute Gasteiger partial charge is 0.462 e. The quantitative estimate of drug-likeness (QED) is 0.0380. The van der Waals surface area contributed by atoms with E-state index >= 15 is 0 Å². The van der Waals surface area contributed by atoms with Crippen LogP contribution in [0.15, 0.2) is 0 Å². The molecule has 0 spiro atoms. The first-order valence-electron chi connectivity index (χ1n) is 21.6. The van der Waals surface area contributed by atoms with E-state index in [2.05, 4.69) is 6.92 Å². The van der Waals surface area contributed by atoms with Crippen molar-refractivity contribution in [1.82, 2.24) is 0 Å². The Morgan fingerprint density at radius 2 is 0.946 bits per heavy atom. The molecule has 2 fully saturated rings. The van der Waals surface area contributed by atoms with E-state index in [0.29, 0.717) is 12.8 Å². The zero-order valence-electron chi connectivity index (χ0n) is 34.1. The molecule has 2 rings (SSSR count). The summed E-state index contributed by atoms with van der Waals surface area (Å²) < 4.78 is 32.9. The summed E-state index contributed by atoms with van der Waals surface area (Å²) in [4.78, 5) is 24.8. The smallest absolute Gasteiger partial charge is 0.306 e. The second-order valence-electron chi connectivity index (χ2n) is 15.5. The molecular formula is C41H76O15. The molecule has 2 heterocycles. The Bertz CT molecular complexity index is 1000. The van der Waals surface area contributed by atoms with E-state index in [1.54, 1.807) is 0 Å². The SMILES string of the molecule is CCCCCCCCCCCCCCCCCCCCCC(=O)OC(COC(=O)CCC)COC1OC(COC2OC(CO)C(O)C(O)C2O)C(O)C(O)C1O. The van der Waals surface area contributed by atoms with Gasteiger partial charge >= 0.3 is 11.9 Å². The third-order valence-corrected chi connectivity index (χ3v) is 10.6. The maximum atomic E-state index is 12.7. The van der Waals surface area contributed by atoms with Crippen molar-refractivity contribution in [2.45, 2.75) is 223 Å². The maximum Gasteiger partial charge on any atom is 0.306 e. The van der Waals surface area contributed by atoms with Gasteiger partial charge in [0.25, 0.3) is 0 Å². The topological polar surface area (TPSA) is 231 Å². The molecule has 0 saturated carbocycles. The lowest BCUT2D eigenvalue weighted by Crippen LogP contribution is -2.61. The first-order valence-corrected chi connectivity index (χ1v) is 21.6. The fourth-order valence-electron chi connectivity index (χ4n) is 6.96. The fraction of sp³-hybridized carbons (Fsp3) is 0.951. The first kappa shape index (κ1) is 50.6. The normalized spacial score (nSPS) is 28.6. The Kier molecular flexibility index (Phi) is 27.6. The van der Waals surface area contributed by atoms with Crippen LogP contribution in [0.3, 0.4) is 0 Å². The van der Waals surface area contributed by atoms with Crippen LogP contribution in [-0.2, 0) is 38.0 Å². The minimum atomic E-state index is -1.75. The molecule has 0 aliphatic carbocycles. The molecule has 7 N–H and O–H groups in total. The fourth-order valence-corrected chi connectivity index (χ4v) is 6.96. The van der Waals surface area contributed by atoms with Crippen molar-refractivity contribution in [1.29, 1.82) is 0 Å². The van der Waals surface area contributed by atoms with Crippen LogP contribution in [0.25, 0.3) is 0 Å². The summed E-state index contributed by atoms with van der Waals surface area (Å²) in [7, 11) is 0. The first-order chi connectivity index (χ1) is 27.0. The van der Waals surface area contributed by atoms with Gasteiger partial charge in [-0.3, -0.25) is 9.59 Å². The highest BCUT2D eigenvalue weighted by atomic mass is 16.7.